The Balaban J connectivity index is 0.000000922. The van der Waals surface area contributed by atoms with Crippen LogP contribution in [0.4, 0.5) is 5.69 Å². The summed E-state index contributed by atoms with van der Waals surface area (Å²) in [4.78, 5) is 1.62. The first-order valence-corrected chi connectivity index (χ1v) is 7.24. The van der Waals surface area contributed by atoms with Crippen molar-refractivity contribution in [2.24, 2.45) is 0 Å². The van der Waals surface area contributed by atoms with Crippen molar-refractivity contribution in [1.29, 1.82) is 5.26 Å². The molecule has 114 valence electrons. The second-order valence-corrected chi connectivity index (χ2v) is 5.59. The van der Waals surface area contributed by atoms with Gasteiger partial charge in [-0.15, -0.1) is 12.4 Å². The van der Waals surface area contributed by atoms with Crippen LogP contribution in [0.3, 0.4) is 0 Å². The van der Waals surface area contributed by atoms with E-state index in [1.54, 1.807) is 43.3 Å². The van der Waals surface area contributed by atoms with Crippen LogP contribution in [0.2, 0.25) is 0 Å². The molecule has 0 heterocycles. The van der Waals surface area contributed by atoms with Gasteiger partial charge in [-0.05, 0) is 11.5 Å². The zero-order chi connectivity index (χ0) is 15.3. The summed E-state index contributed by atoms with van der Waals surface area (Å²) in [5, 5.41) is 8.63. The molecule has 0 aliphatic heterocycles. The molecular weight excluding hydrogens is 312 g/mol. The molecule has 5 nitrogen and oxygen atoms in total. The van der Waals surface area contributed by atoms with Gasteiger partial charge in [0.25, 0.3) is 10.1 Å². The molecular formula is C14H17ClN2O3S. The maximum Gasteiger partial charge on any atom is 0.297 e. The number of hydrogen-bond donors (Lipinski definition) is 1. The van der Waals surface area contributed by atoms with Crippen LogP contribution in [-0.2, 0) is 10.1 Å². The van der Waals surface area contributed by atoms with Gasteiger partial charge in [0.1, 0.15) is 4.90 Å². The van der Waals surface area contributed by atoms with Gasteiger partial charge in [-0.2, -0.15) is 13.7 Å². The van der Waals surface area contributed by atoms with E-state index < -0.39 is 10.1 Å². The molecule has 0 fully saturated rings. The second kappa shape index (κ2) is 7.84. The smallest absolute Gasteiger partial charge is 0.297 e. The van der Waals surface area contributed by atoms with Crippen molar-refractivity contribution < 1.29 is 13.0 Å². The lowest BCUT2D eigenvalue weighted by Gasteiger charge is -2.17. The zero-order valence-corrected chi connectivity index (χ0v) is 13.6. The summed E-state index contributed by atoms with van der Waals surface area (Å²) in [7, 11) is -0.777. The summed E-state index contributed by atoms with van der Waals surface area (Å²) in [6, 6.07) is 12.3. The van der Waals surface area contributed by atoms with Crippen LogP contribution >= 0.6 is 12.4 Å². The molecule has 2 rings (SSSR count). The first-order chi connectivity index (χ1) is 9.32. The molecule has 7 heteroatoms. The summed E-state index contributed by atoms with van der Waals surface area (Å²) in [6.07, 6.45) is 0. The van der Waals surface area contributed by atoms with Crippen molar-refractivity contribution >= 4 is 39.0 Å². The molecule has 0 spiro atoms. The summed E-state index contributed by atoms with van der Waals surface area (Å²) >= 11 is 0. The van der Waals surface area contributed by atoms with Crippen LogP contribution in [0.1, 0.15) is 6.92 Å². The summed E-state index contributed by atoms with van der Waals surface area (Å²) in [5.41, 5.74) is 0.478. The second-order valence-electron chi connectivity index (χ2n) is 4.23. The summed E-state index contributed by atoms with van der Waals surface area (Å²) < 4.78 is 32.4. The van der Waals surface area contributed by atoms with E-state index >= 15 is 0 Å². The number of hydrogen-bond acceptors (Lipinski definition) is 4. The molecule has 0 amide bonds. The van der Waals surface area contributed by atoms with Crippen molar-refractivity contribution in [2.45, 2.75) is 11.8 Å². The Bertz CT molecular complexity index is 752. The van der Waals surface area contributed by atoms with E-state index in [-0.39, 0.29) is 17.3 Å². The monoisotopic (exact) mass is 328 g/mol. The van der Waals surface area contributed by atoms with E-state index in [2.05, 4.69) is 0 Å². The third kappa shape index (κ3) is 4.60. The topological polar surface area (TPSA) is 81.4 Å². The van der Waals surface area contributed by atoms with E-state index in [1.165, 1.54) is 6.92 Å². The minimum atomic E-state index is -4.25. The lowest BCUT2D eigenvalue weighted by molar-refractivity contribution is 0.484. The summed E-state index contributed by atoms with van der Waals surface area (Å²) in [5.74, 6) is 0. The number of fused-ring (bicyclic) bond motifs is 1. The Morgan fingerprint density at radius 3 is 2.14 bits per heavy atom. The molecule has 1 N–H and O–H groups in total. The van der Waals surface area contributed by atoms with Gasteiger partial charge >= 0.3 is 0 Å². The highest BCUT2D eigenvalue weighted by atomic mass is 35.5. The Morgan fingerprint density at radius 1 is 1.14 bits per heavy atom. The van der Waals surface area contributed by atoms with Crippen LogP contribution in [0.15, 0.2) is 41.3 Å². The van der Waals surface area contributed by atoms with E-state index in [9.17, 15) is 13.0 Å². The third-order valence-corrected chi connectivity index (χ3v) is 3.54. The van der Waals surface area contributed by atoms with Crippen molar-refractivity contribution in [3.8, 4) is 6.07 Å². The minimum Gasteiger partial charge on any atom is -0.377 e. The van der Waals surface area contributed by atoms with Gasteiger partial charge in [0.15, 0.2) is 0 Å². The van der Waals surface area contributed by atoms with Gasteiger partial charge in [-0.3, -0.25) is 4.55 Å². The Kier molecular flexibility index (Phi) is 7.16. The average Bonchev–Trinajstić information content (AvgIpc) is 2.37. The van der Waals surface area contributed by atoms with Crippen LogP contribution in [0.5, 0.6) is 0 Å². The first kappa shape index (κ1) is 19.2. The number of nitrogens with zero attached hydrogens (tertiary/aromatic N) is 2. The van der Waals surface area contributed by atoms with E-state index in [1.807, 2.05) is 18.2 Å². The van der Waals surface area contributed by atoms with Crippen LogP contribution in [-0.4, -0.2) is 27.1 Å². The highest BCUT2D eigenvalue weighted by molar-refractivity contribution is 7.86. The Labute approximate surface area is 131 Å². The number of halogens is 1. The van der Waals surface area contributed by atoms with Crippen LogP contribution in [0.25, 0.3) is 10.8 Å². The fourth-order valence-corrected chi connectivity index (χ4v) is 2.83. The Hall–Kier alpha value is -1.81. The highest BCUT2D eigenvalue weighted by Gasteiger charge is 2.20. The number of nitriles is 1. The molecule has 21 heavy (non-hydrogen) atoms. The molecule has 0 atom stereocenters. The van der Waals surface area contributed by atoms with Crippen LogP contribution < -0.4 is 4.90 Å². The average molecular weight is 329 g/mol. The largest absolute Gasteiger partial charge is 0.377 e. The Morgan fingerprint density at radius 2 is 1.67 bits per heavy atom. The standard InChI is InChI=1S/C12H13NO3S.C2H3N.ClH/c1-13(2)11-8-7-9-5-3-4-6-10(9)12(11)17(14,15)16;1-2-3;/h3-8H,1-2H3,(H,14,15,16);1H3;1H. The normalized spacial score (nSPS) is 9.86. The number of anilines is 1. The van der Waals surface area contributed by atoms with Crippen molar-refractivity contribution in [1.82, 2.24) is 0 Å². The van der Waals surface area contributed by atoms with Crippen molar-refractivity contribution in [3.05, 3.63) is 36.4 Å². The van der Waals surface area contributed by atoms with Gasteiger partial charge in [0, 0.05) is 26.4 Å². The molecule has 0 saturated carbocycles. The molecule has 0 unspecified atom stereocenters. The number of benzene rings is 2. The van der Waals surface area contributed by atoms with Crippen molar-refractivity contribution in [2.75, 3.05) is 19.0 Å². The maximum atomic E-state index is 11.5. The summed E-state index contributed by atoms with van der Waals surface area (Å²) in [6.45, 7) is 1.43. The predicted octanol–water partition coefficient (Wildman–Crippen LogP) is 3.10. The molecule has 0 aliphatic rings. The quantitative estimate of drug-likeness (QED) is 0.857. The van der Waals surface area contributed by atoms with E-state index in [0.29, 0.717) is 11.1 Å². The molecule has 2 aromatic rings. The fourth-order valence-electron chi connectivity index (χ4n) is 1.85. The van der Waals surface area contributed by atoms with Gasteiger partial charge in [0.2, 0.25) is 0 Å². The molecule has 0 bridgehead atoms. The van der Waals surface area contributed by atoms with Gasteiger partial charge < -0.3 is 4.90 Å². The van der Waals surface area contributed by atoms with Gasteiger partial charge in [-0.25, -0.2) is 0 Å². The lowest BCUT2D eigenvalue weighted by atomic mass is 10.1. The van der Waals surface area contributed by atoms with Crippen molar-refractivity contribution in [3.63, 3.8) is 0 Å². The first-order valence-electron chi connectivity index (χ1n) is 5.80. The van der Waals surface area contributed by atoms with E-state index in [4.69, 9.17) is 5.26 Å². The van der Waals surface area contributed by atoms with E-state index in [0.717, 1.165) is 5.39 Å². The molecule has 0 aliphatic carbocycles. The SMILES string of the molecule is CC#N.CN(C)c1ccc2ccccc2c1S(=O)(=O)O.Cl. The molecule has 2 aromatic carbocycles. The van der Waals surface area contributed by atoms with Gasteiger partial charge in [0.05, 0.1) is 11.8 Å². The van der Waals surface area contributed by atoms with Gasteiger partial charge in [-0.1, -0.05) is 30.3 Å². The predicted molar refractivity (Wildman–Crippen MR) is 86.6 cm³/mol. The minimum absolute atomic E-state index is 0. The molecule has 0 aromatic heterocycles. The maximum absolute atomic E-state index is 11.5. The molecule has 0 radical (unpaired) electrons. The third-order valence-electron chi connectivity index (χ3n) is 2.60. The fraction of sp³-hybridized carbons (Fsp3) is 0.214. The number of rotatable bonds is 2. The molecule has 0 saturated heterocycles. The highest BCUT2D eigenvalue weighted by Crippen LogP contribution is 2.31. The lowest BCUT2D eigenvalue weighted by Crippen LogP contribution is -2.14. The van der Waals surface area contributed by atoms with Crippen LogP contribution in [0, 0.1) is 11.3 Å². The zero-order valence-electron chi connectivity index (χ0n) is 11.9.